The minimum Gasteiger partial charge on any atom is -0.446 e. The number of rotatable bonds is 8. The number of Topliss-reactive ketones (excluding diaryl/α,β-unsaturated/α-hetero) is 1. The number of hydrazone groups is 1. The molecule has 9 nitrogen and oxygen atoms in total. The van der Waals surface area contributed by atoms with Gasteiger partial charge in [-0.15, -0.1) is 0 Å². The molecule has 0 radical (unpaired) electrons. The van der Waals surface area contributed by atoms with Gasteiger partial charge in [0.1, 0.15) is 6.10 Å². The normalized spacial score (nSPS) is 22.1. The molecule has 0 bridgehead atoms. The summed E-state index contributed by atoms with van der Waals surface area (Å²) in [5, 5.41) is 16.5. The van der Waals surface area contributed by atoms with E-state index >= 15 is 0 Å². The van der Waals surface area contributed by atoms with Crippen molar-refractivity contribution in [3.63, 3.8) is 0 Å². The maximum absolute atomic E-state index is 14.0. The Morgan fingerprint density at radius 1 is 1.02 bits per heavy atom. The molecule has 2 aromatic carbocycles. The average Bonchev–Trinajstić information content (AvgIpc) is 3.07. The van der Waals surface area contributed by atoms with Gasteiger partial charge in [-0.05, 0) is 128 Å². The van der Waals surface area contributed by atoms with Crippen LogP contribution in [0.5, 0.6) is 0 Å². The number of fused-ring (bicyclic) bond motifs is 3. The Morgan fingerprint density at radius 3 is 2.71 bits per heavy atom. The molecule has 2 unspecified atom stereocenters. The average molecular weight is 653 g/mol. The molecular formula is C39H48N4O5. The SMILES string of the molecule is CC1=C2CCCC(OC(=O)NCCOCCO)CCC2C(c2cccc(C3=C(C)c4cc5c6c(c4CC3=O)CCCN6CCC5)c2)=NN1. The number of aliphatic hydroxyl groups excluding tert-OH is 1. The summed E-state index contributed by atoms with van der Waals surface area (Å²) in [7, 11) is 0. The van der Waals surface area contributed by atoms with Crippen molar-refractivity contribution in [2.45, 2.75) is 84.2 Å². The van der Waals surface area contributed by atoms with Gasteiger partial charge in [0.25, 0.3) is 0 Å². The molecule has 3 aliphatic heterocycles. The van der Waals surface area contributed by atoms with Crippen LogP contribution in [0.25, 0.3) is 11.1 Å². The predicted molar refractivity (Wildman–Crippen MR) is 188 cm³/mol. The van der Waals surface area contributed by atoms with Gasteiger partial charge in [0.05, 0.1) is 25.5 Å². The maximum Gasteiger partial charge on any atom is 0.407 e. The summed E-state index contributed by atoms with van der Waals surface area (Å²) in [6, 6.07) is 10.8. The minimum absolute atomic E-state index is 0.0415. The van der Waals surface area contributed by atoms with Crippen molar-refractivity contribution in [2.75, 3.05) is 44.4 Å². The van der Waals surface area contributed by atoms with E-state index in [1.165, 1.54) is 39.9 Å². The Morgan fingerprint density at radius 2 is 1.85 bits per heavy atom. The second-order valence-electron chi connectivity index (χ2n) is 13.8. The van der Waals surface area contributed by atoms with Gasteiger partial charge in [-0.2, -0.15) is 5.10 Å². The lowest BCUT2D eigenvalue weighted by atomic mass is 9.75. The van der Waals surface area contributed by atoms with Crippen LogP contribution in [0.3, 0.4) is 0 Å². The first-order valence-corrected chi connectivity index (χ1v) is 17.9. The number of nitrogens with zero attached hydrogens (tertiary/aromatic N) is 2. The molecule has 3 heterocycles. The molecule has 1 saturated carbocycles. The van der Waals surface area contributed by atoms with E-state index in [2.05, 4.69) is 59.8 Å². The molecule has 5 aliphatic rings. The first kappa shape index (κ1) is 32.6. The minimum atomic E-state index is -0.434. The Kier molecular flexibility index (Phi) is 9.69. The Bertz CT molecular complexity index is 1690. The number of alkyl carbamates (subject to hydrolysis) is 1. The third-order valence-electron chi connectivity index (χ3n) is 10.8. The molecule has 1 amide bonds. The van der Waals surface area contributed by atoms with Crippen molar-refractivity contribution in [1.82, 2.24) is 10.7 Å². The third kappa shape index (κ3) is 6.42. The lowest BCUT2D eigenvalue weighted by Crippen LogP contribution is -2.35. The quantitative estimate of drug-likeness (QED) is 0.314. The molecular weight excluding hydrogens is 604 g/mol. The van der Waals surface area contributed by atoms with Crippen LogP contribution in [0.15, 0.2) is 46.7 Å². The number of amides is 1. The van der Waals surface area contributed by atoms with E-state index in [0.29, 0.717) is 19.6 Å². The number of anilines is 1. The molecule has 9 heteroatoms. The topological polar surface area (TPSA) is 112 Å². The number of benzene rings is 2. The highest BCUT2D eigenvalue weighted by atomic mass is 16.6. The summed E-state index contributed by atoms with van der Waals surface area (Å²) in [6.07, 6.45) is 8.55. The highest BCUT2D eigenvalue weighted by Gasteiger charge is 2.34. The number of nitrogens with one attached hydrogen (secondary N) is 2. The van der Waals surface area contributed by atoms with Gasteiger partial charge in [-0.1, -0.05) is 18.2 Å². The second-order valence-corrected chi connectivity index (χ2v) is 13.8. The van der Waals surface area contributed by atoms with E-state index in [1.807, 2.05) is 0 Å². The monoisotopic (exact) mass is 652 g/mol. The number of allylic oxidation sites excluding steroid dienone is 4. The summed E-state index contributed by atoms with van der Waals surface area (Å²) in [5.41, 5.74) is 17.4. The van der Waals surface area contributed by atoms with Gasteiger partial charge in [0.2, 0.25) is 0 Å². The van der Waals surface area contributed by atoms with Gasteiger partial charge >= 0.3 is 6.09 Å². The summed E-state index contributed by atoms with van der Waals surface area (Å²) < 4.78 is 11.0. The molecule has 0 saturated heterocycles. The van der Waals surface area contributed by atoms with Gasteiger partial charge < -0.3 is 24.8 Å². The smallest absolute Gasteiger partial charge is 0.407 e. The second kappa shape index (κ2) is 14.3. The van der Waals surface area contributed by atoms with Gasteiger partial charge in [-0.3, -0.25) is 10.2 Å². The van der Waals surface area contributed by atoms with Crippen LogP contribution in [-0.2, 0) is 33.5 Å². The Hall–Kier alpha value is -3.95. The molecule has 2 atom stereocenters. The van der Waals surface area contributed by atoms with Gasteiger partial charge in [0, 0.05) is 48.9 Å². The molecule has 3 N–H and O–H groups in total. The van der Waals surface area contributed by atoms with E-state index < -0.39 is 6.09 Å². The van der Waals surface area contributed by atoms with Crippen LogP contribution >= 0.6 is 0 Å². The van der Waals surface area contributed by atoms with Crippen molar-refractivity contribution < 1.29 is 24.2 Å². The maximum atomic E-state index is 14.0. The number of aryl methyl sites for hydroxylation is 1. The fraction of sp³-hybridized carbons (Fsp3) is 0.513. The van der Waals surface area contributed by atoms with E-state index in [9.17, 15) is 9.59 Å². The molecule has 7 rings (SSSR count). The third-order valence-corrected chi connectivity index (χ3v) is 10.8. The zero-order valence-electron chi connectivity index (χ0n) is 28.3. The van der Waals surface area contributed by atoms with Crippen LogP contribution in [0.2, 0.25) is 0 Å². The van der Waals surface area contributed by atoms with Crippen LogP contribution in [0, 0.1) is 5.92 Å². The number of ether oxygens (including phenoxy) is 2. The van der Waals surface area contributed by atoms with E-state index in [4.69, 9.17) is 19.7 Å². The number of hydrogen-bond donors (Lipinski definition) is 3. The molecule has 2 aliphatic carbocycles. The van der Waals surface area contributed by atoms with Crippen LogP contribution < -0.4 is 15.6 Å². The lowest BCUT2D eigenvalue weighted by Gasteiger charge is -2.39. The molecule has 0 aromatic heterocycles. The number of carbonyl (C=O) groups excluding carboxylic acids is 2. The summed E-state index contributed by atoms with van der Waals surface area (Å²) in [6.45, 7) is 7.36. The first-order chi connectivity index (χ1) is 23.4. The van der Waals surface area contributed by atoms with E-state index in [-0.39, 0.29) is 31.0 Å². The van der Waals surface area contributed by atoms with Crippen molar-refractivity contribution >= 4 is 34.4 Å². The molecule has 254 valence electrons. The zero-order valence-corrected chi connectivity index (χ0v) is 28.3. The number of carbonyl (C=O) groups is 2. The predicted octanol–water partition coefficient (Wildman–Crippen LogP) is 5.71. The van der Waals surface area contributed by atoms with Crippen LogP contribution in [0.4, 0.5) is 10.5 Å². The molecule has 48 heavy (non-hydrogen) atoms. The molecule has 1 fully saturated rings. The fourth-order valence-corrected chi connectivity index (χ4v) is 8.64. The standard InChI is InChI=1S/C39H48N4O5/c1-24-33-22-28-9-5-16-43-17-6-12-32(38(28)43)34(33)23-35(45)36(24)26-7-3-8-27(21-26)37-31-14-13-29(10-4-11-30(31)25(2)41-42-37)48-39(46)40-15-19-47-20-18-44/h3,7-8,21-22,29,31,41,44H,4-6,9-20,23H2,1-2H3,(H,40,46). The van der Waals surface area contributed by atoms with Crippen LogP contribution in [0.1, 0.15) is 92.2 Å². The van der Waals surface area contributed by atoms with Crippen molar-refractivity contribution in [1.29, 1.82) is 0 Å². The van der Waals surface area contributed by atoms with E-state index in [1.54, 1.807) is 0 Å². The fourth-order valence-electron chi connectivity index (χ4n) is 8.64. The Labute approximate surface area is 283 Å². The number of aliphatic hydroxyl groups is 1. The number of hydrogen-bond acceptors (Lipinski definition) is 8. The van der Waals surface area contributed by atoms with Gasteiger partial charge in [0.15, 0.2) is 5.78 Å². The van der Waals surface area contributed by atoms with Crippen LogP contribution in [-0.4, -0.2) is 68.3 Å². The number of ketones is 1. The molecule has 2 aromatic rings. The van der Waals surface area contributed by atoms with Crippen molar-refractivity contribution in [3.8, 4) is 0 Å². The zero-order chi connectivity index (χ0) is 33.2. The van der Waals surface area contributed by atoms with Crippen molar-refractivity contribution in [2.24, 2.45) is 11.0 Å². The van der Waals surface area contributed by atoms with Gasteiger partial charge in [-0.25, -0.2) is 4.79 Å². The van der Waals surface area contributed by atoms with Crippen molar-refractivity contribution in [3.05, 3.63) is 75.0 Å². The largest absolute Gasteiger partial charge is 0.446 e. The summed E-state index contributed by atoms with van der Waals surface area (Å²) >= 11 is 0. The highest BCUT2D eigenvalue weighted by molar-refractivity contribution is 6.30. The highest BCUT2D eigenvalue weighted by Crippen LogP contribution is 2.45. The Balaban J connectivity index is 1.12. The first-order valence-electron chi connectivity index (χ1n) is 17.9. The summed E-state index contributed by atoms with van der Waals surface area (Å²) in [4.78, 5) is 29.0. The lowest BCUT2D eigenvalue weighted by molar-refractivity contribution is -0.113. The van der Waals surface area contributed by atoms with E-state index in [0.717, 1.165) is 98.1 Å². The summed E-state index contributed by atoms with van der Waals surface area (Å²) in [5.74, 6) is 0.300. The molecule has 0 spiro atoms.